The van der Waals surface area contributed by atoms with Crippen molar-refractivity contribution >= 4 is 10.9 Å². The molecule has 1 aromatic carbocycles. The highest BCUT2D eigenvalue weighted by Crippen LogP contribution is 2.18. The van der Waals surface area contributed by atoms with Crippen LogP contribution >= 0.6 is 0 Å². The van der Waals surface area contributed by atoms with Gasteiger partial charge in [-0.1, -0.05) is 31.2 Å². The normalized spacial score (nSPS) is 12.7. The topological polar surface area (TPSA) is 34.1 Å². The van der Waals surface area contributed by atoms with Gasteiger partial charge in [0.05, 0.1) is 12.1 Å². The van der Waals surface area contributed by atoms with Gasteiger partial charge in [0, 0.05) is 25.2 Å². The zero-order valence-corrected chi connectivity index (χ0v) is 11.7. The van der Waals surface area contributed by atoms with Crippen LogP contribution in [0.25, 0.3) is 10.9 Å². The molecule has 3 nitrogen and oxygen atoms in total. The zero-order chi connectivity index (χ0) is 13.5. The van der Waals surface area contributed by atoms with Crippen molar-refractivity contribution < 1.29 is 4.74 Å². The van der Waals surface area contributed by atoms with Crippen LogP contribution < -0.4 is 5.32 Å². The van der Waals surface area contributed by atoms with Gasteiger partial charge in [0.25, 0.3) is 0 Å². The molecule has 19 heavy (non-hydrogen) atoms. The fourth-order valence-corrected chi connectivity index (χ4v) is 2.30. The molecule has 0 bridgehead atoms. The van der Waals surface area contributed by atoms with Crippen LogP contribution in [0.2, 0.25) is 0 Å². The Morgan fingerprint density at radius 1 is 1.26 bits per heavy atom. The Morgan fingerprint density at radius 2 is 2.11 bits per heavy atom. The molecule has 3 heteroatoms. The highest BCUT2D eigenvalue weighted by atomic mass is 16.5. The van der Waals surface area contributed by atoms with Crippen molar-refractivity contribution in [3.8, 4) is 0 Å². The molecule has 1 heterocycles. The maximum absolute atomic E-state index is 5.03. The minimum Gasteiger partial charge on any atom is -0.383 e. The quantitative estimate of drug-likeness (QED) is 0.775. The number of aromatic nitrogens is 1. The molecule has 1 atom stereocenters. The number of ether oxygens (including phenoxy) is 1. The second-order valence-electron chi connectivity index (χ2n) is 5.00. The van der Waals surface area contributed by atoms with Gasteiger partial charge in [-0.15, -0.1) is 0 Å². The number of para-hydroxylation sites is 1. The molecule has 0 saturated heterocycles. The van der Waals surface area contributed by atoms with E-state index in [2.05, 4.69) is 41.5 Å². The van der Waals surface area contributed by atoms with E-state index < -0.39 is 0 Å². The molecule has 2 aromatic rings. The van der Waals surface area contributed by atoms with Crippen LogP contribution in [0.3, 0.4) is 0 Å². The molecule has 0 amide bonds. The van der Waals surface area contributed by atoms with Gasteiger partial charge in [0.2, 0.25) is 0 Å². The van der Waals surface area contributed by atoms with Crippen LogP contribution in [0.15, 0.2) is 36.5 Å². The van der Waals surface area contributed by atoms with Gasteiger partial charge in [0.15, 0.2) is 0 Å². The maximum atomic E-state index is 5.03. The molecule has 0 saturated carbocycles. The summed E-state index contributed by atoms with van der Waals surface area (Å²) in [6, 6.07) is 10.5. The summed E-state index contributed by atoms with van der Waals surface area (Å²) in [4.78, 5) is 4.50. The summed E-state index contributed by atoms with van der Waals surface area (Å²) >= 11 is 0. The molecule has 2 rings (SSSR count). The van der Waals surface area contributed by atoms with Gasteiger partial charge in [-0.3, -0.25) is 4.98 Å². The third-order valence-electron chi connectivity index (χ3n) is 3.26. The number of methoxy groups -OCH3 is 1. The summed E-state index contributed by atoms with van der Waals surface area (Å²) in [6.07, 6.45) is 2.92. The van der Waals surface area contributed by atoms with Gasteiger partial charge in [0.1, 0.15) is 0 Å². The number of fused-ring (bicyclic) bond motifs is 1. The predicted molar refractivity (Wildman–Crippen MR) is 79.4 cm³/mol. The van der Waals surface area contributed by atoms with Crippen LogP contribution in [0.5, 0.6) is 0 Å². The molecule has 1 unspecified atom stereocenters. The number of nitrogens with zero attached hydrogens (tertiary/aromatic N) is 1. The first kappa shape index (κ1) is 14.0. The van der Waals surface area contributed by atoms with Crippen molar-refractivity contribution in [2.45, 2.75) is 13.3 Å². The first-order valence-electron chi connectivity index (χ1n) is 6.83. The largest absolute Gasteiger partial charge is 0.383 e. The van der Waals surface area contributed by atoms with Gasteiger partial charge in [-0.25, -0.2) is 0 Å². The summed E-state index contributed by atoms with van der Waals surface area (Å²) < 4.78 is 5.03. The average molecular weight is 258 g/mol. The number of hydrogen-bond acceptors (Lipinski definition) is 3. The summed E-state index contributed by atoms with van der Waals surface area (Å²) in [7, 11) is 1.73. The Labute approximate surface area is 115 Å². The molecular weight excluding hydrogens is 236 g/mol. The lowest BCUT2D eigenvalue weighted by Crippen LogP contribution is -2.25. The van der Waals surface area contributed by atoms with Crippen LogP contribution in [-0.4, -0.2) is 31.8 Å². The van der Waals surface area contributed by atoms with E-state index in [1.165, 1.54) is 10.9 Å². The van der Waals surface area contributed by atoms with E-state index >= 15 is 0 Å². The first-order chi connectivity index (χ1) is 9.31. The van der Waals surface area contributed by atoms with Crippen LogP contribution in [0.1, 0.15) is 12.5 Å². The molecule has 0 aliphatic carbocycles. The van der Waals surface area contributed by atoms with Crippen molar-refractivity contribution in [2.24, 2.45) is 5.92 Å². The molecule has 0 aliphatic heterocycles. The van der Waals surface area contributed by atoms with Gasteiger partial charge in [-0.05, 0) is 30.5 Å². The SMILES string of the molecule is COCCNCC(C)Cc1cccc2cccnc12. The number of nitrogens with one attached hydrogen (secondary N) is 1. The maximum Gasteiger partial charge on any atom is 0.0733 e. The van der Waals surface area contributed by atoms with E-state index in [-0.39, 0.29) is 0 Å². The molecule has 1 aromatic heterocycles. The van der Waals surface area contributed by atoms with Crippen molar-refractivity contribution in [3.05, 3.63) is 42.1 Å². The second kappa shape index (κ2) is 7.22. The van der Waals surface area contributed by atoms with E-state index in [1.807, 2.05) is 12.3 Å². The van der Waals surface area contributed by atoms with Crippen LogP contribution in [0.4, 0.5) is 0 Å². The number of hydrogen-bond donors (Lipinski definition) is 1. The number of benzene rings is 1. The van der Waals surface area contributed by atoms with E-state index in [4.69, 9.17) is 4.74 Å². The highest BCUT2D eigenvalue weighted by molar-refractivity contribution is 5.81. The first-order valence-corrected chi connectivity index (χ1v) is 6.83. The highest BCUT2D eigenvalue weighted by Gasteiger charge is 2.07. The Morgan fingerprint density at radius 3 is 2.95 bits per heavy atom. The van der Waals surface area contributed by atoms with Gasteiger partial charge < -0.3 is 10.1 Å². The third-order valence-corrected chi connectivity index (χ3v) is 3.26. The minimum absolute atomic E-state index is 0.587. The molecular formula is C16H22N2O. The van der Waals surface area contributed by atoms with Crippen molar-refractivity contribution in [2.75, 3.05) is 26.8 Å². The lowest BCUT2D eigenvalue weighted by atomic mass is 9.98. The molecule has 0 spiro atoms. The Hall–Kier alpha value is -1.45. The van der Waals surface area contributed by atoms with Gasteiger partial charge in [-0.2, -0.15) is 0 Å². The Kier molecular flexibility index (Phi) is 5.31. The van der Waals surface area contributed by atoms with Crippen molar-refractivity contribution in [1.82, 2.24) is 10.3 Å². The molecule has 102 valence electrons. The fraction of sp³-hybridized carbons (Fsp3) is 0.438. The Balaban J connectivity index is 1.97. The van der Waals surface area contributed by atoms with Crippen LogP contribution in [-0.2, 0) is 11.2 Å². The molecule has 0 radical (unpaired) electrons. The molecule has 0 fully saturated rings. The van der Waals surface area contributed by atoms with E-state index in [0.717, 1.165) is 31.6 Å². The summed E-state index contributed by atoms with van der Waals surface area (Å²) in [6.45, 7) is 4.95. The predicted octanol–water partition coefficient (Wildman–Crippen LogP) is 2.65. The molecule has 0 aliphatic rings. The smallest absolute Gasteiger partial charge is 0.0733 e. The van der Waals surface area contributed by atoms with Crippen molar-refractivity contribution in [3.63, 3.8) is 0 Å². The van der Waals surface area contributed by atoms with Crippen molar-refractivity contribution in [1.29, 1.82) is 0 Å². The average Bonchev–Trinajstić information content (AvgIpc) is 2.44. The second-order valence-corrected chi connectivity index (χ2v) is 5.00. The van der Waals surface area contributed by atoms with Crippen LogP contribution in [0, 0.1) is 5.92 Å². The summed E-state index contributed by atoms with van der Waals surface area (Å²) in [5.41, 5.74) is 2.47. The number of pyridine rings is 1. The Bertz CT molecular complexity index is 508. The summed E-state index contributed by atoms with van der Waals surface area (Å²) in [5, 5.41) is 4.63. The van der Waals surface area contributed by atoms with E-state index in [0.29, 0.717) is 5.92 Å². The summed E-state index contributed by atoms with van der Waals surface area (Å²) in [5.74, 6) is 0.587. The van der Waals surface area contributed by atoms with E-state index in [1.54, 1.807) is 7.11 Å². The fourth-order valence-electron chi connectivity index (χ4n) is 2.30. The zero-order valence-electron chi connectivity index (χ0n) is 11.7. The number of rotatable bonds is 7. The molecule has 1 N–H and O–H groups in total. The third kappa shape index (κ3) is 4.01. The lowest BCUT2D eigenvalue weighted by molar-refractivity contribution is 0.198. The van der Waals surface area contributed by atoms with E-state index in [9.17, 15) is 0 Å². The lowest BCUT2D eigenvalue weighted by Gasteiger charge is -2.13. The monoisotopic (exact) mass is 258 g/mol. The minimum atomic E-state index is 0.587. The van der Waals surface area contributed by atoms with Gasteiger partial charge >= 0.3 is 0 Å². The standard InChI is InChI=1S/C16H22N2O/c1-13(12-17-9-10-19-2)11-15-6-3-5-14-7-4-8-18-16(14)15/h3-8,13,17H,9-12H2,1-2H3.